The molecule has 1 aromatic heterocycles. The molecular weight excluding hydrogens is 370 g/mol. The lowest BCUT2D eigenvalue weighted by Gasteiger charge is -2.13. The Morgan fingerprint density at radius 3 is 2.39 bits per heavy atom. The predicted octanol–water partition coefficient (Wildman–Crippen LogP) is 4.28. The summed E-state index contributed by atoms with van der Waals surface area (Å²) in [5.74, 6) is 0. The summed E-state index contributed by atoms with van der Waals surface area (Å²) < 4.78 is 25.8. The molecule has 5 nitrogen and oxygen atoms in total. The number of fused-ring (bicyclic) bond motifs is 1. The Balaban J connectivity index is 2.04. The minimum Gasteiger partial charge on any atom is -0.298 e. The number of hydrogen-bond donors (Lipinski definition) is 0. The van der Waals surface area contributed by atoms with Crippen LogP contribution in [0.2, 0.25) is 0 Å². The third-order valence-corrected chi connectivity index (χ3v) is 5.83. The van der Waals surface area contributed by atoms with E-state index in [4.69, 9.17) is 0 Å². The molecule has 1 heterocycles. The maximum Gasteiger partial charge on any atom is 0.175 e. The van der Waals surface area contributed by atoms with Crippen LogP contribution in [0.15, 0.2) is 71.9 Å². The van der Waals surface area contributed by atoms with E-state index in [-0.39, 0.29) is 4.90 Å². The van der Waals surface area contributed by atoms with Crippen LogP contribution in [0.25, 0.3) is 27.8 Å². The van der Waals surface area contributed by atoms with E-state index in [0.29, 0.717) is 11.1 Å². The Bertz CT molecular complexity index is 1350. The SMILES string of the molecule is Cc1cc(S(C)(=O)=O)ccc1-c1cc(C#N)cc2ncn(-c3ccccc3)c12. The second kappa shape index (κ2) is 6.63. The maximum absolute atomic E-state index is 11.9. The van der Waals surface area contributed by atoms with Crippen LogP contribution in [0, 0.1) is 18.3 Å². The number of para-hydroxylation sites is 1. The van der Waals surface area contributed by atoms with E-state index in [2.05, 4.69) is 11.1 Å². The van der Waals surface area contributed by atoms with Gasteiger partial charge in [-0.25, -0.2) is 13.4 Å². The summed E-state index contributed by atoms with van der Waals surface area (Å²) in [5, 5.41) is 9.45. The molecule has 28 heavy (non-hydrogen) atoms. The zero-order valence-corrected chi connectivity index (χ0v) is 16.2. The molecule has 0 bridgehead atoms. The minimum atomic E-state index is -3.29. The van der Waals surface area contributed by atoms with E-state index >= 15 is 0 Å². The number of nitrogens with zero attached hydrogens (tertiary/aromatic N) is 3. The van der Waals surface area contributed by atoms with Crippen molar-refractivity contribution < 1.29 is 8.42 Å². The Hall–Kier alpha value is -3.43. The van der Waals surface area contributed by atoms with E-state index in [1.807, 2.05) is 47.9 Å². The van der Waals surface area contributed by atoms with Crippen molar-refractivity contribution in [2.75, 3.05) is 6.26 Å². The average molecular weight is 387 g/mol. The lowest BCUT2D eigenvalue weighted by atomic mass is 9.97. The molecule has 0 radical (unpaired) electrons. The van der Waals surface area contributed by atoms with Gasteiger partial charge in [0.2, 0.25) is 0 Å². The van der Waals surface area contributed by atoms with Crippen molar-refractivity contribution in [3.63, 3.8) is 0 Å². The molecule has 0 aliphatic heterocycles. The second-order valence-corrected chi connectivity index (χ2v) is 8.72. The van der Waals surface area contributed by atoms with Gasteiger partial charge in [-0.05, 0) is 54.4 Å². The molecule has 0 aliphatic carbocycles. The normalized spacial score (nSPS) is 11.5. The van der Waals surface area contributed by atoms with E-state index < -0.39 is 9.84 Å². The molecule has 138 valence electrons. The van der Waals surface area contributed by atoms with Gasteiger partial charge in [0.05, 0.1) is 27.6 Å². The summed E-state index contributed by atoms with van der Waals surface area (Å²) in [6.45, 7) is 1.87. The quantitative estimate of drug-likeness (QED) is 0.526. The molecule has 0 saturated carbocycles. The van der Waals surface area contributed by atoms with Gasteiger partial charge in [-0.2, -0.15) is 5.26 Å². The zero-order valence-electron chi connectivity index (χ0n) is 15.4. The summed E-state index contributed by atoms with van der Waals surface area (Å²) in [6, 6.07) is 20.7. The molecule has 0 aliphatic rings. The fourth-order valence-electron chi connectivity index (χ4n) is 3.37. The van der Waals surface area contributed by atoms with Gasteiger partial charge in [0, 0.05) is 17.5 Å². The van der Waals surface area contributed by atoms with Crippen molar-refractivity contribution in [1.29, 1.82) is 5.26 Å². The first-order valence-corrected chi connectivity index (χ1v) is 10.6. The van der Waals surface area contributed by atoms with Crippen LogP contribution in [0.4, 0.5) is 0 Å². The second-order valence-electron chi connectivity index (χ2n) is 6.70. The lowest BCUT2D eigenvalue weighted by Crippen LogP contribution is -1.99. The van der Waals surface area contributed by atoms with Gasteiger partial charge in [0.1, 0.15) is 6.33 Å². The van der Waals surface area contributed by atoms with E-state index in [1.165, 1.54) is 6.26 Å². The fraction of sp³-hybridized carbons (Fsp3) is 0.0909. The van der Waals surface area contributed by atoms with Crippen LogP contribution in [0.3, 0.4) is 0 Å². The monoisotopic (exact) mass is 387 g/mol. The molecule has 4 aromatic rings. The molecule has 0 saturated heterocycles. The van der Waals surface area contributed by atoms with Crippen LogP contribution in [-0.2, 0) is 9.84 Å². The number of aromatic nitrogens is 2. The van der Waals surface area contributed by atoms with Gasteiger partial charge < -0.3 is 0 Å². The molecule has 6 heteroatoms. The van der Waals surface area contributed by atoms with Crippen molar-refractivity contribution >= 4 is 20.9 Å². The third kappa shape index (κ3) is 3.06. The van der Waals surface area contributed by atoms with Crippen LogP contribution in [0.1, 0.15) is 11.1 Å². The van der Waals surface area contributed by atoms with Gasteiger partial charge in [-0.15, -0.1) is 0 Å². The number of aryl methyl sites for hydroxylation is 1. The van der Waals surface area contributed by atoms with Crippen molar-refractivity contribution in [2.45, 2.75) is 11.8 Å². The van der Waals surface area contributed by atoms with Crippen molar-refractivity contribution in [2.24, 2.45) is 0 Å². The van der Waals surface area contributed by atoms with Gasteiger partial charge in [0.15, 0.2) is 9.84 Å². The maximum atomic E-state index is 11.9. The summed E-state index contributed by atoms with van der Waals surface area (Å²) >= 11 is 0. The Morgan fingerprint density at radius 1 is 1.00 bits per heavy atom. The largest absolute Gasteiger partial charge is 0.298 e. The lowest BCUT2D eigenvalue weighted by molar-refractivity contribution is 0.602. The smallest absolute Gasteiger partial charge is 0.175 e. The third-order valence-electron chi connectivity index (χ3n) is 4.72. The Kier molecular flexibility index (Phi) is 4.25. The zero-order chi connectivity index (χ0) is 19.9. The van der Waals surface area contributed by atoms with Crippen LogP contribution >= 0.6 is 0 Å². The molecule has 0 spiro atoms. The van der Waals surface area contributed by atoms with Crippen molar-refractivity contribution in [3.8, 4) is 22.9 Å². The average Bonchev–Trinajstić information content (AvgIpc) is 3.11. The highest BCUT2D eigenvalue weighted by molar-refractivity contribution is 7.90. The fourth-order valence-corrected chi connectivity index (χ4v) is 4.08. The van der Waals surface area contributed by atoms with Crippen LogP contribution < -0.4 is 0 Å². The minimum absolute atomic E-state index is 0.276. The molecule has 4 rings (SSSR count). The highest BCUT2D eigenvalue weighted by Crippen LogP contribution is 2.34. The highest BCUT2D eigenvalue weighted by atomic mass is 32.2. The van der Waals surface area contributed by atoms with Crippen molar-refractivity contribution in [3.05, 3.63) is 78.1 Å². The molecule has 0 fully saturated rings. The van der Waals surface area contributed by atoms with Gasteiger partial charge in [0.25, 0.3) is 0 Å². The van der Waals surface area contributed by atoms with E-state index in [0.717, 1.165) is 27.9 Å². The number of benzene rings is 3. The summed E-state index contributed by atoms with van der Waals surface area (Å²) in [4.78, 5) is 4.77. The van der Waals surface area contributed by atoms with E-state index in [9.17, 15) is 13.7 Å². The Labute approximate surface area is 163 Å². The molecule has 0 N–H and O–H groups in total. The number of nitriles is 1. The predicted molar refractivity (Wildman–Crippen MR) is 109 cm³/mol. The highest BCUT2D eigenvalue weighted by Gasteiger charge is 2.16. The number of sulfone groups is 1. The topological polar surface area (TPSA) is 75.8 Å². The number of imidazole rings is 1. The van der Waals surface area contributed by atoms with Crippen LogP contribution in [0.5, 0.6) is 0 Å². The molecule has 0 unspecified atom stereocenters. The molecule has 0 atom stereocenters. The number of rotatable bonds is 3. The van der Waals surface area contributed by atoms with Gasteiger partial charge >= 0.3 is 0 Å². The summed E-state index contributed by atoms with van der Waals surface area (Å²) in [6.07, 6.45) is 2.94. The molecule has 0 amide bonds. The molecular formula is C22H17N3O2S. The van der Waals surface area contributed by atoms with E-state index in [1.54, 1.807) is 30.6 Å². The summed E-state index contributed by atoms with van der Waals surface area (Å²) in [7, 11) is -3.29. The standard InChI is InChI=1S/C22H17N3O2S/c1-15-10-18(28(2,26)27)8-9-19(15)20-11-16(13-23)12-21-22(20)25(14-24-21)17-6-4-3-5-7-17/h3-12,14H,1-2H3. The van der Waals surface area contributed by atoms with Crippen LogP contribution in [-0.4, -0.2) is 24.2 Å². The first kappa shape index (κ1) is 18.0. The number of hydrogen-bond acceptors (Lipinski definition) is 4. The van der Waals surface area contributed by atoms with Gasteiger partial charge in [-0.3, -0.25) is 4.57 Å². The first-order valence-electron chi connectivity index (χ1n) is 8.66. The van der Waals surface area contributed by atoms with Crippen molar-refractivity contribution in [1.82, 2.24) is 9.55 Å². The summed E-state index contributed by atoms with van der Waals surface area (Å²) in [5.41, 5.74) is 5.58. The molecule has 3 aromatic carbocycles. The Morgan fingerprint density at radius 2 is 1.75 bits per heavy atom. The first-order chi connectivity index (χ1) is 13.4. The van der Waals surface area contributed by atoms with Gasteiger partial charge in [-0.1, -0.05) is 24.3 Å².